The van der Waals surface area contributed by atoms with Crippen LogP contribution in [0.2, 0.25) is 5.02 Å². The van der Waals surface area contributed by atoms with Crippen LogP contribution in [0.15, 0.2) is 18.2 Å². The predicted octanol–water partition coefficient (Wildman–Crippen LogP) is 3.41. The molecular weight excluding hydrogens is 293 g/mol. The fourth-order valence-electron chi connectivity index (χ4n) is 1.96. The van der Waals surface area contributed by atoms with E-state index in [2.05, 4.69) is 0 Å². The van der Waals surface area contributed by atoms with Crippen molar-refractivity contribution in [3.8, 4) is 5.75 Å². The molecule has 0 amide bonds. The molecule has 1 aromatic carbocycles. The number of benzene rings is 1. The molecule has 5 nitrogen and oxygen atoms in total. The minimum atomic E-state index is -0.520. The van der Waals surface area contributed by atoms with Crippen molar-refractivity contribution in [2.75, 3.05) is 6.61 Å². The molecule has 0 N–H and O–H groups in total. The van der Waals surface area contributed by atoms with Crippen LogP contribution in [0.3, 0.4) is 0 Å². The molecule has 3 atom stereocenters. The summed E-state index contributed by atoms with van der Waals surface area (Å²) in [6, 6.07) is 4.42. The van der Waals surface area contributed by atoms with Crippen LogP contribution in [-0.4, -0.2) is 29.1 Å². The van der Waals surface area contributed by atoms with Gasteiger partial charge in [0.05, 0.1) is 15.3 Å². The van der Waals surface area contributed by atoms with Gasteiger partial charge in [0.2, 0.25) is 5.75 Å². The van der Waals surface area contributed by atoms with Crippen molar-refractivity contribution in [3.05, 3.63) is 33.3 Å². The summed E-state index contributed by atoms with van der Waals surface area (Å²) in [4.78, 5) is 10.4. The van der Waals surface area contributed by atoms with Gasteiger partial charge < -0.3 is 9.47 Å². The Kier molecular flexibility index (Phi) is 4.50. The minimum absolute atomic E-state index is 0.0763. The van der Waals surface area contributed by atoms with Gasteiger partial charge in [-0.1, -0.05) is 17.7 Å². The molecule has 3 unspecified atom stereocenters. The summed E-state index contributed by atoms with van der Waals surface area (Å²) in [5.41, 5.74) is -0.152. The highest BCUT2D eigenvalue weighted by Gasteiger charge is 2.43. The molecule has 0 bridgehead atoms. The Morgan fingerprint density at radius 2 is 2.26 bits per heavy atom. The van der Waals surface area contributed by atoms with Gasteiger partial charge in [-0.3, -0.25) is 10.1 Å². The van der Waals surface area contributed by atoms with Crippen LogP contribution in [-0.2, 0) is 4.74 Å². The lowest BCUT2D eigenvalue weighted by Crippen LogP contribution is -2.52. The summed E-state index contributed by atoms with van der Waals surface area (Å²) in [6.45, 7) is 2.37. The fraction of sp³-hybridized carbons (Fsp3) is 0.500. The quantitative estimate of drug-likeness (QED) is 0.475. The second-order valence-corrected chi connectivity index (χ2v) is 5.14. The van der Waals surface area contributed by atoms with E-state index in [4.69, 9.17) is 32.7 Å². The van der Waals surface area contributed by atoms with Crippen LogP contribution in [0.4, 0.5) is 5.69 Å². The normalized spacial score (nSPS) is 25.7. The van der Waals surface area contributed by atoms with Crippen LogP contribution in [0, 0.1) is 10.1 Å². The third-order valence-electron chi connectivity index (χ3n) is 2.95. The summed E-state index contributed by atoms with van der Waals surface area (Å²) in [5.74, 6) is 0.0763. The first-order chi connectivity index (χ1) is 9.04. The molecule has 104 valence electrons. The minimum Gasteiger partial charge on any atom is -0.480 e. The van der Waals surface area contributed by atoms with Crippen molar-refractivity contribution >= 4 is 28.9 Å². The highest BCUT2D eigenvalue weighted by Crippen LogP contribution is 2.39. The van der Waals surface area contributed by atoms with E-state index >= 15 is 0 Å². The number of para-hydroxylation sites is 1. The van der Waals surface area contributed by atoms with Gasteiger partial charge in [0.1, 0.15) is 12.2 Å². The highest BCUT2D eigenvalue weighted by atomic mass is 35.5. The van der Waals surface area contributed by atoms with E-state index in [1.807, 2.05) is 6.92 Å². The van der Waals surface area contributed by atoms with Gasteiger partial charge in [0.25, 0.3) is 0 Å². The maximum atomic E-state index is 10.9. The molecule has 0 aliphatic heterocycles. The zero-order valence-electron chi connectivity index (χ0n) is 10.2. The molecule has 0 saturated heterocycles. The molecule has 2 rings (SSSR count). The molecule has 7 heteroatoms. The number of nitro groups is 1. The van der Waals surface area contributed by atoms with Crippen LogP contribution in [0.5, 0.6) is 5.75 Å². The molecule has 1 aliphatic carbocycles. The lowest BCUT2D eigenvalue weighted by molar-refractivity contribution is -0.386. The summed E-state index contributed by atoms with van der Waals surface area (Å²) in [7, 11) is 0. The standard InChI is InChI=1S/C12H13Cl2NO4/c1-2-18-12-8(14)6-10(12)19-11-7(13)4-3-5-9(11)15(16)17/h3-5,8,10,12H,2,6H2,1H3. The number of hydrogen-bond acceptors (Lipinski definition) is 4. The number of ether oxygens (including phenoxy) is 2. The van der Waals surface area contributed by atoms with E-state index in [1.54, 1.807) is 6.07 Å². The maximum Gasteiger partial charge on any atom is 0.312 e. The van der Waals surface area contributed by atoms with Crippen molar-refractivity contribution in [2.24, 2.45) is 0 Å². The van der Waals surface area contributed by atoms with Crippen LogP contribution in [0.1, 0.15) is 13.3 Å². The van der Waals surface area contributed by atoms with Gasteiger partial charge in [-0.15, -0.1) is 11.6 Å². The first kappa shape index (κ1) is 14.4. The van der Waals surface area contributed by atoms with E-state index in [0.717, 1.165) is 0 Å². The van der Waals surface area contributed by atoms with E-state index in [9.17, 15) is 10.1 Å². The van der Waals surface area contributed by atoms with Gasteiger partial charge in [-0.25, -0.2) is 0 Å². The van der Waals surface area contributed by atoms with Gasteiger partial charge in [0.15, 0.2) is 0 Å². The smallest absolute Gasteiger partial charge is 0.312 e. The van der Waals surface area contributed by atoms with Crippen LogP contribution < -0.4 is 4.74 Å². The zero-order chi connectivity index (χ0) is 14.0. The Balaban J connectivity index is 2.17. The SMILES string of the molecule is CCOC1C(Cl)CC1Oc1c(Cl)cccc1[N+](=O)[O-]. The Bertz CT molecular complexity index is 483. The van der Waals surface area contributed by atoms with Gasteiger partial charge in [-0.05, 0) is 13.0 Å². The van der Waals surface area contributed by atoms with Crippen molar-refractivity contribution in [1.82, 2.24) is 0 Å². The number of nitro benzene ring substituents is 1. The Morgan fingerprint density at radius 1 is 1.53 bits per heavy atom. The molecule has 0 spiro atoms. The maximum absolute atomic E-state index is 10.9. The van der Waals surface area contributed by atoms with E-state index in [1.165, 1.54) is 12.1 Å². The summed E-state index contributed by atoms with van der Waals surface area (Å²) in [6.07, 6.45) is 0.0119. The molecule has 1 aromatic rings. The Hall–Kier alpha value is -1.04. The number of halogens is 2. The number of nitrogens with zero attached hydrogens (tertiary/aromatic N) is 1. The van der Waals surface area contributed by atoms with Gasteiger partial charge in [-0.2, -0.15) is 0 Å². The van der Waals surface area contributed by atoms with Gasteiger partial charge in [0, 0.05) is 19.1 Å². The van der Waals surface area contributed by atoms with E-state index in [0.29, 0.717) is 13.0 Å². The van der Waals surface area contributed by atoms with Crippen molar-refractivity contribution < 1.29 is 14.4 Å². The molecule has 0 heterocycles. The topological polar surface area (TPSA) is 61.6 Å². The van der Waals surface area contributed by atoms with Gasteiger partial charge >= 0.3 is 5.69 Å². The summed E-state index contributed by atoms with van der Waals surface area (Å²) < 4.78 is 11.1. The average Bonchev–Trinajstić information content (AvgIpc) is 2.37. The molecule has 19 heavy (non-hydrogen) atoms. The second kappa shape index (κ2) is 5.94. The third-order valence-corrected chi connectivity index (χ3v) is 3.68. The molecule has 0 aromatic heterocycles. The number of rotatable bonds is 5. The van der Waals surface area contributed by atoms with E-state index in [-0.39, 0.29) is 34.0 Å². The first-order valence-electron chi connectivity index (χ1n) is 5.89. The zero-order valence-corrected chi connectivity index (χ0v) is 11.7. The average molecular weight is 306 g/mol. The molecule has 1 aliphatic rings. The first-order valence-corrected chi connectivity index (χ1v) is 6.71. The van der Waals surface area contributed by atoms with Crippen molar-refractivity contribution in [1.29, 1.82) is 0 Å². The van der Waals surface area contributed by atoms with Crippen molar-refractivity contribution in [2.45, 2.75) is 30.9 Å². The molecule has 0 radical (unpaired) electrons. The van der Waals surface area contributed by atoms with Crippen LogP contribution >= 0.6 is 23.2 Å². The lowest BCUT2D eigenvalue weighted by atomic mass is 9.91. The third kappa shape index (κ3) is 2.94. The number of hydrogen-bond donors (Lipinski definition) is 0. The van der Waals surface area contributed by atoms with Crippen LogP contribution in [0.25, 0.3) is 0 Å². The summed E-state index contributed by atoms with van der Waals surface area (Å²) in [5, 5.41) is 11.0. The Labute approximate surface area is 120 Å². The second-order valence-electron chi connectivity index (χ2n) is 4.17. The largest absolute Gasteiger partial charge is 0.480 e. The number of alkyl halides is 1. The summed E-state index contributed by atoms with van der Waals surface area (Å²) >= 11 is 12.0. The van der Waals surface area contributed by atoms with Crippen molar-refractivity contribution in [3.63, 3.8) is 0 Å². The predicted molar refractivity (Wildman–Crippen MR) is 72.2 cm³/mol. The van der Waals surface area contributed by atoms with E-state index < -0.39 is 4.92 Å². The molecular formula is C12H13Cl2NO4. The fourth-order valence-corrected chi connectivity index (χ4v) is 2.58. The Morgan fingerprint density at radius 3 is 2.84 bits per heavy atom. The highest BCUT2D eigenvalue weighted by molar-refractivity contribution is 6.32. The monoisotopic (exact) mass is 305 g/mol. The molecule has 1 fully saturated rings. The molecule has 1 saturated carbocycles. The lowest BCUT2D eigenvalue weighted by Gasteiger charge is -2.40.